The Balaban J connectivity index is 1.99. The molecule has 0 radical (unpaired) electrons. The van der Waals surface area contributed by atoms with E-state index < -0.39 is 46.9 Å². The van der Waals surface area contributed by atoms with Crippen LogP contribution in [0, 0.1) is 68.0 Å². The molecule has 14 nitrogen and oxygen atoms in total. The van der Waals surface area contributed by atoms with Gasteiger partial charge in [0, 0.05) is 63.8 Å². The molecule has 4 unspecified atom stereocenters. The van der Waals surface area contributed by atoms with Crippen LogP contribution >= 0.6 is 23.5 Å². The van der Waals surface area contributed by atoms with E-state index in [2.05, 4.69) is 113 Å². The van der Waals surface area contributed by atoms with Crippen molar-refractivity contribution in [3.63, 3.8) is 0 Å². The van der Waals surface area contributed by atoms with E-state index in [1.165, 1.54) is 11.8 Å². The third kappa shape index (κ3) is 17.5. The van der Waals surface area contributed by atoms with Crippen LogP contribution in [0.25, 0.3) is 6.08 Å². The van der Waals surface area contributed by atoms with Crippen molar-refractivity contribution in [2.75, 3.05) is 29.7 Å². The van der Waals surface area contributed by atoms with Crippen molar-refractivity contribution < 1.29 is 48.1 Å². The zero-order valence-electron chi connectivity index (χ0n) is 51.6. The lowest BCUT2D eigenvalue weighted by Gasteiger charge is -2.50. The highest BCUT2D eigenvalue weighted by atomic mass is 32.2. The van der Waals surface area contributed by atoms with E-state index in [1.807, 2.05) is 27.0 Å². The molecule has 4 N–H and O–H groups in total. The molecule has 0 aromatic carbocycles. The first-order valence-electron chi connectivity index (χ1n) is 28.5. The van der Waals surface area contributed by atoms with E-state index in [9.17, 15) is 24.3 Å². The molecule has 1 aromatic rings. The van der Waals surface area contributed by atoms with Gasteiger partial charge in [-0.15, -0.1) is 11.8 Å². The lowest BCUT2D eigenvalue weighted by Crippen LogP contribution is -2.50. The SMILES string of the molecule is CCC(C)(C)C(=O)OCCCCC(=O)Nc1[nH]c(C=C2N=C(NC(=O)C(C)(C)C)C(C(=O)OC3C(C(C)(C)C)CC(C)CC3C(C)(C)C)=C2CSCC(=O)O)c(CSC)c1C(=O)OC1C(C(C)(C)C)CC(C)CC1C(C)(C)C. The minimum atomic E-state index is -1.04. The number of carbonyl (C=O) groups excluding carboxylic acids is 5. The van der Waals surface area contributed by atoms with Crippen LogP contribution in [-0.2, 0) is 43.9 Å². The van der Waals surface area contributed by atoms with E-state index in [-0.39, 0.29) is 110 Å². The highest BCUT2D eigenvalue weighted by molar-refractivity contribution is 8.00. The number of amidine groups is 1. The van der Waals surface area contributed by atoms with Crippen molar-refractivity contribution in [2.24, 2.45) is 73.0 Å². The van der Waals surface area contributed by atoms with E-state index in [0.29, 0.717) is 53.7 Å². The predicted molar refractivity (Wildman–Crippen MR) is 318 cm³/mol. The van der Waals surface area contributed by atoms with Gasteiger partial charge in [-0.2, -0.15) is 11.8 Å². The van der Waals surface area contributed by atoms with E-state index in [1.54, 1.807) is 26.8 Å². The van der Waals surface area contributed by atoms with Gasteiger partial charge in [-0.1, -0.05) is 125 Å². The summed E-state index contributed by atoms with van der Waals surface area (Å²) in [4.78, 5) is 91.9. The number of aromatic amines is 1. The number of carboxylic acids is 1. The standard InChI is InChI=1S/C62H100N4O10S2/c1-22-62(19,20)56(73)74-26-24-23-25-45(67)65-51-47(53(70)75-49-39(57(4,5)6)27-35(2)28-40(49)58(7,8)9)37(32-77-21)43(63-51)31-44-38(33-78-34-46(68)69)48(52(64-44)66-55(72)61(16,17)18)54(71)76-50-41(59(10,11)12)29-36(3)30-42(50)60(13,14)15/h31,35-36,39-42,49-50,63H,22-30,32-34H2,1-21H3,(H,65,67)(H,68,69)(H,64,66,72). The minimum absolute atomic E-state index is 0.00534. The summed E-state index contributed by atoms with van der Waals surface area (Å²) in [5.41, 5.74) is -0.588. The molecule has 2 fully saturated rings. The molecule has 0 bridgehead atoms. The molecule has 0 saturated heterocycles. The van der Waals surface area contributed by atoms with Crippen molar-refractivity contribution in [1.82, 2.24) is 10.3 Å². The number of ether oxygens (including phenoxy) is 3. The highest BCUT2D eigenvalue weighted by Gasteiger charge is 2.51. The van der Waals surface area contributed by atoms with Gasteiger partial charge in [-0.3, -0.25) is 19.2 Å². The maximum absolute atomic E-state index is 15.4. The topological polar surface area (TPSA) is 203 Å². The Bertz CT molecular complexity index is 2390. The molecule has 0 spiro atoms. The summed E-state index contributed by atoms with van der Waals surface area (Å²) in [6.45, 7) is 41.8. The van der Waals surface area contributed by atoms with Crippen LogP contribution in [-0.4, -0.2) is 88.2 Å². The molecule has 3 aliphatic rings. The first kappa shape index (κ1) is 66.5. The molecule has 2 amide bonds. The second-order valence-electron chi connectivity index (χ2n) is 28.8. The molecular formula is C62H100N4O10S2. The second kappa shape index (κ2) is 26.2. The number of esters is 3. The van der Waals surface area contributed by atoms with Crippen LogP contribution in [0.5, 0.6) is 0 Å². The zero-order chi connectivity index (χ0) is 59.3. The summed E-state index contributed by atoms with van der Waals surface area (Å²) < 4.78 is 19.2. The maximum Gasteiger partial charge on any atom is 0.342 e. The Morgan fingerprint density at radius 2 is 1.19 bits per heavy atom. The fourth-order valence-electron chi connectivity index (χ4n) is 11.3. The number of anilines is 1. The normalized spacial score (nSPS) is 24.2. The largest absolute Gasteiger partial charge is 0.481 e. The molecule has 16 heteroatoms. The van der Waals surface area contributed by atoms with Crippen LogP contribution < -0.4 is 10.6 Å². The van der Waals surface area contributed by atoms with Crippen LogP contribution in [0.15, 0.2) is 21.8 Å². The molecule has 2 saturated carbocycles. The van der Waals surface area contributed by atoms with Gasteiger partial charge in [0.05, 0.1) is 23.5 Å². The zero-order valence-corrected chi connectivity index (χ0v) is 53.2. The molecule has 78 heavy (non-hydrogen) atoms. The Kier molecular flexibility index (Phi) is 22.4. The molecule has 440 valence electrons. The Hall–Kier alpha value is -4.05. The fourth-order valence-corrected chi connectivity index (χ4v) is 12.6. The highest BCUT2D eigenvalue weighted by Crippen LogP contribution is 2.52. The van der Waals surface area contributed by atoms with Gasteiger partial charge in [0.2, 0.25) is 11.8 Å². The maximum atomic E-state index is 15.4. The van der Waals surface area contributed by atoms with Gasteiger partial charge >= 0.3 is 23.9 Å². The Morgan fingerprint density at radius 1 is 0.705 bits per heavy atom. The van der Waals surface area contributed by atoms with E-state index in [4.69, 9.17) is 19.2 Å². The van der Waals surface area contributed by atoms with Crippen molar-refractivity contribution in [2.45, 2.75) is 208 Å². The molecule has 4 rings (SSSR count). The summed E-state index contributed by atoms with van der Waals surface area (Å²) in [5.74, 6) is -2.29. The number of hydrogen-bond donors (Lipinski definition) is 4. The van der Waals surface area contributed by atoms with Crippen LogP contribution in [0.4, 0.5) is 5.82 Å². The quantitative estimate of drug-likeness (QED) is 0.0581. The first-order valence-corrected chi connectivity index (χ1v) is 31.1. The van der Waals surface area contributed by atoms with Gasteiger partial charge in [0.25, 0.3) is 0 Å². The molecule has 2 aliphatic carbocycles. The summed E-state index contributed by atoms with van der Waals surface area (Å²) >= 11 is 2.56. The van der Waals surface area contributed by atoms with Gasteiger partial charge in [-0.25, -0.2) is 14.6 Å². The number of hydrogen-bond acceptors (Lipinski definition) is 12. The molecule has 1 aromatic heterocycles. The number of H-pyrrole nitrogens is 1. The third-order valence-corrected chi connectivity index (χ3v) is 18.0. The average molecular weight is 1130 g/mol. The number of aliphatic carboxylic acids is 1. The Morgan fingerprint density at radius 3 is 1.63 bits per heavy atom. The number of thioether (sulfide) groups is 2. The van der Waals surface area contributed by atoms with Crippen LogP contribution in [0.2, 0.25) is 0 Å². The van der Waals surface area contributed by atoms with E-state index in [0.717, 1.165) is 37.4 Å². The number of allylic oxidation sites excluding steroid dienone is 1. The van der Waals surface area contributed by atoms with Crippen molar-refractivity contribution in [3.8, 4) is 0 Å². The molecule has 2 heterocycles. The minimum Gasteiger partial charge on any atom is -0.481 e. The number of nitrogens with one attached hydrogen (secondary N) is 3. The third-order valence-electron chi connectivity index (χ3n) is 16.5. The number of aliphatic imine (C=N–C) groups is 1. The van der Waals surface area contributed by atoms with Gasteiger partial charge in [0.15, 0.2) is 0 Å². The molecular weight excluding hydrogens is 1020 g/mol. The number of amides is 2. The monoisotopic (exact) mass is 1120 g/mol. The summed E-state index contributed by atoms with van der Waals surface area (Å²) in [6, 6.07) is 0. The number of nitrogens with zero attached hydrogens (tertiary/aromatic N) is 1. The first-order chi connectivity index (χ1) is 35.7. The number of rotatable bonds is 19. The second-order valence-corrected chi connectivity index (χ2v) is 30.6. The van der Waals surface area contributed by atoms with Crippen molar-refractivity contribution in [3.05, 3.63) is 33.7 Å². The number of aromatic nitrogens is 1. The average Bonchev–Trinajstić information content (AvgIpc) is 3.80. The Labute approximate surface area is 477 Å². The predicted octanol–water partition coefficient (Wildman–Crippen LogP) is 13.9. The van der Waals surface area contributed by atoms with E-state index >= 15 is 9.59 Å². The van der Waals surface area contributed by atoms with Crippen molar-refractivity contribution in [1.29, 1.82) is 0 Å². The van der Waals surface area contributed by atoms with Gasteiger partial charge in [0.1, 0.15) is 35.0 Å². The smallest absolute Gasteiger partial charge is 0.342 e. The number of carbonyl (C=O) groups is 6. The lowest BCUT2D eigenvalue weighted by molar-refractivity contribution is -0.164. The summed E-state index contributed by atoms with van der Waals surface area (Å²) in [7, 11) is 0. The fraction of sp³-hybridized carbons (Fsp3) is 0.758. The van der Waals surface area contributed by atoms with Crippen molar-refractivity contribution >= 4 is 76.9 Å². The summed E-state index contributed by atoms with van der Waals surface area (Å²) in [5, 5.41) is 15.9. The molecule has 4 atom stereocenters. The van der Waals surface area contributed by atoms with Gasteiger partial charge in [-0.05, 0) is 105 Å². The lowest BCUT2D eigenvalue weighted by atomic mass is 9.59. The number of carboxylic acid groups (broad SMARTS) is 1. The van der Waals surface area contributed by atoms with Crippen LogP contribution in [0.3, 0.4) is 0 Å². The van der Waals surface area contributed by atoms with Crippen LogP contribution in [0.1, 0.15) is 211 Å². The summed E-state index contributed by atoms with van der Waals surface area (Å²) in [6.07, 6.45) is 7.74. The van der Waals surface area contributed by atoms with Gasteiger partial charge < -0.3 is 34.9 Å². The molecule has 1 aliphatic heterocycles. The number of unbranched alkanes of at least 4 members (excludes halogenated alkanes) is 1.